The van der Waals surface area contributed by atoms with Gasteiger partial charge in [-0.05, 0) is 36.0 Å². The van der Waals surface area contributed by atoms with Crippen molar-refractivity contribution in [3.8, 4) is 0 Å². The Balaban J connectivity index is 2.40. The fourth-order valence-corrected chi connectivity index (χ4v) is 2.74. The van der Waals surface area contributed by atoms with Crippen LogP contribution in [0.5, 0.6) is 0 Å². The van der Waals surface area contributed by atoms with Crippen LogP contribution in [0.1, 0.15) is 41.4 Å². The zero-order valence-corrected chi connectivity index (χ0v) is 11.9. The maximum Gasteiger partial charge on any atom is 0.340 e. The van der Waals surface area contributed by atoms with E-state index in [1.165, 1.54) is 11.5 Å². The maximum absolute atomic E-state index is 11.2. The maximum atomic E-state index is 11.2. The average Bonchev–Trinajstić information content (AvgIpc) is 2.71. The third-order valence-corrected chi connectivity index (χ3v) is 3.76. The van der Waals surface area contributed by atoms with Crippen LogP contribution in [-0.2, 0) is 0 Å². The number of carboxylic acids is 1. The summed E-state index contributed by atoms with van der Waals surface area (Å²) in [7, 11) is 0. The number of para-hydroxylation sites is 1. The zero-order valence-electron chi connectivity index (χ0n) is 11.1. The van der Waals surface area contributed by atoms with Gasteiger partial charge >= 0.3 is 5.97 Å². The molecular weight excluding hydrogens is 260 g/mol. The molecular formula is C14H16N2O2S. The number of nitrogens with zero attached hydrogens (tertiary/aromatic N) is 1. The van der Waals surface area contributed by atoms with Crippen molar-refractivity contribution >= 4 is 28.2 Å². The summed E-state index contributed by atoms with van der Waals surface area (Å²) < 4.78 is 4.11. The highest BCUT2D eigenvalue weighted by atomic mass is 32.1. The molecule has 2 N–H and O–H groups in total. The summed E-state index contributed by atoms with van der Waals surface area (Å²) in [6.45, 7) is 5.92. The second-order valence-electron chi connectivity index (χ2n) is 4.64. The molecule has 0 radical (unpaired) electrons. The SMILES string of the molecule is Cc1nsc(Nc2ccccc2C(C)C)c1C(=O)O. The van der Waals surface area contributed by atoms with Crippen molar-refractivity contribution in [2.24, 2.45) is 0 Å². The number of benzene rings is 1. The summed E-state index contributed by atoms with van der Waals surface area (Å²) in [6.07, 6.45) is 0. The van der Waals surface area contributed by atoms with Crippen LogP contribution in [0.15, 0.2) is 24.3 Å². The van der Waals surface area contributed by atoms with E-state index in [1.54, 1.807) is 6.92 Å². The molecule has 19 heavy (non-hydrogen) atoms. The molecule has 0 bridgehead atoms. The molecule has 0 atom stereocenters. The summed E-state index contributed by atoms with van der Waals surface area (Å²) in [5, 5.41) is 13.0. The third kappa shape index (κ3) is 2.76. The van der Waals surface area contributed by atoms with E-state index in [9.17, 15) is 9.90 Å². The molecule has 5 heteroatoms. The van der Waals surface area contributed by atoms with Crippen LogP contribution in [0, 0.1) is 6.92 Å². The Labute approximate surface area is 116 Å². The van der Waals surface area contributed by atoms with Crippen molar-refractivity contribution in [2.45, 2.75) is 26.7 Å². The number of aromatic carboxylic acids is 1. The first-order valence-electron chi connectivity index (χ1n) is 6.06. The Bertz CT molecular complexity index is 605. The van der Waals surface area contributed by atoms with Crippen molar-refractivity contribution in [3.05, 3.63) is 41.1 Å². The lowest BCUT2D eigenvalue weighted by Crippen LogP contribution is -2.03. The van der Waals surface area contributed by atoms with Crippen molar-refractivity contribution in [1.29, 1.82) is 0 Å². The monoisotopic (exact) mass is 276 g/mol. The Hall–Kier alpha value is -1.88. The van der Waals surface area contributed by atoms with Gasteiger partial charge in [0.2, 0.25) is 0 Å². The molecule has 1 aromatic carbocycles. The fourth-order valence-electron chi connectivity index (χ4n) is 1.94. The molecule has 0 aliphatic heterocycles. The normalized spacial score (nSPS) is 10.7. The molecule has 1 aromatic heterocycles. The highest BCUT2D eigenvalue weighted by Gasteiger charge is 2.18. The van der Waals surface area contributed by atoms with Gasteiger partial charge < -0.3 is 10.4 Å². The second kappa shape index (κ2) is 5.40. The van der Waals surface area contributed by atoms with E-state index < -0.39 is 5.97 Å². The van der Waals surface area contributed by atoms with Gasteiger partial charge in [0.25, 0.3) is 0 Å². The number of aromatic nitrogens is 1. The van der Waals surface area contributed by atoms with E-state index in [1.807, 2.05) is 24.3 Å². The molecule has 100 valence electrons. The van der Waals surface area contributed by atoms with E-state index in [4.69, 9.17) is 0 Å². The summed E-state index contributed by atoms with van der Waals surface area (Å²) in [6, 6.07) is 7.91. The van der Waals surface area contributed by atoms with Crippen molar-refractivity contribution in [2.75, 3.05) is 5.32 Å². The van der Waals surface area contributed by atoms with Gasteiger partial charge in [0.05, 0.1) is 5.69 Å². The lowest BCUT2D eigenvalue weighted by atomic mass is 10.0. The first-order chi connectivity index (χ1) is 9.00. The molecule has 1 heterocycles. The molecule has 0 spiro atoms. The Morgan fingerprint density at radius 2 is 2.05 bits per heavy atom. The van der Waals surface area contributed by atoms with Crippen molar-refractivity contribution in [3.63, 3.8) is 0 Å². The predicted octanol–water partition coefficient (Wildman–Crippen LogP) is 4.02. The number of hydrogen-bond acceptors (Lipinski definition) is 4. The van der Waals surface area contributed by atoms with E-state index in [0.29, 0.717) is 16.6 Å². The minimum absolute atomic E-state index is 0.253. The number of carboxylic acid groups (broad SMARTS) is 1. The minimum Gasteiger partial charge on any atom is -0.478 e. The van der Waals surface area contributed by atoms with Crippen LogP contribution in [0.2, 0.25) is 0 Å². The lowest BCUT2D eigenvalue weighted by Gasteiger charge is -2.13. The predicted molar refractivity (Wildman–Crippen MR) is 77.6 cm³/mol. The van der Waals surface area contributed by atoms with Crippen LogP contribution in [0.4, 0.5) is 10.7 Å². The number of nitrogens with one attached hydrogen (secondary N) is 1. The molecule has 0 amide bonds. The number of anilines is 2. The van der Waals surface area contributed by atoms with Crippen LogP contribution >= 0.6 is 11.5 Å². The second-order valence-corrected chi connectivity index (χ2v) is 5.42. The van der Waals surface area contributed by atoms with Crippen molar-refractivity contribution in [1.82, 2.24) is 4.37 Å². The number of rotatable bonds is 4. The molecule has 0 saturated heterocycles. The van der Waals surface area contributed by atoms with Gasteiger partial charge in [-0.1, -0.05) is 32.0 Å². The Kier molecular flexibility index (Phi) is 3.85. The zero-order chi connectivity index (χ0) is 14.0. The summed E-state index contributed by atoms with van der Waals surface area (Å²) in [5.74, 6) is -0.582. The standard InChI is InChI=1S/C14H16N2O2S/c1-8(2)10-6-4-5-7-11(10)15-13-12(14(17)18)9(3)16-19-13/h4-8,15H,1-3H3,(H,17,18). The number of carbonyl (C=O) groups is 1. The van der Waals surface area contributed by atoms with Gasteiger partial charge in [-0.15, -0.1) is 0 Å². The van der Waals surface area contributed by atoms with Gasteiger partial charge in [-0.3, -0.25) is 0 Å². The largest absolute Gasteiger partial charge is 0.478 e. The third-order valence-electron chi connectivity index (χ3n) is 2.91. The molecule has 0 fully saturated rings. The quantitative estimate of drug-likeness (QED) is 0.885. The molecule has 0 unspecified atom stereocenters. The van der Waals surface area contributed by atoms with Crippen molar-refractivity contribution < 1.29 is 9.90 Å². The molecule has 4 nitrogen and oxygen atoms in total. The lowest BCUT2D eigenvalue weighted by molar-refractivity contribution is 0.0697. The first kappa shape index (κ1) is 13.5. The van der Waals surface area contributed by atoms with Crippen LogP contribution in [0.25, 0.3) is 0 Å². The minimum atomic E-state index is -0.948. The van der Waals surface area contributed by atoms with Gasteiger partial charge in [0.1, 0.15) is 10.6 Å². The number of aryl methyl sites for hydroxylation is 1. The highest BCUT2D eigenvalue weighted by molar-refractivity contribution is 7.10. The van der Waals surface area contributed by atoms with E-state index >= 15 is 0 Å². The summed E-state index contributed by atoms with van der Waals surface area (Å²) in [4.78, 5) is 11.2. The van der Waals surface area contributed by atoms with E-state index in [2.05, 4.69) is 23.5 Å². The number of hydrogen-bond donors (Lipinski definition) is 2. The van der Waals surface area contributed by atoms with Gasteiger partial charge in [-0.2, -0.15) is 4.37 Å². The van der Waals surface area contributed by atoms with Crippen LogP contribution < -0.4 is 5.32 Å². The molecule has 0 aliphatic carbocycles. The summed E-state index contributed by atoms with van der Waals surface area (Å²) >= 11 is 1.18. The van der Waals surface area contributed by atoms with Gasteiger partial charge in [0, 0.05) is 5.69 Å². The average molecular weight is 276 g/mol. The van der Waals surface area contributed by atoms with Crippen LogP contribution in [0.3, 0.4) is 0 Å². The highest BCUT2D eigenvalue weighted by Crippen LogP contribution is 2.31. The molecule has 0 aliphatic rings. The first-order valence-corrected chi connectivity index (χ1v) is 6.83. The molecule has 0 saturated carbocycles. The Morgan fingerprint density at radius 3 is 2.68 bits per heavy atom. The Morgan fingerprint density at radius 1 is 1.37 bits per heavy atom. The van der Waals surface area contributed by atoms with Crippen LogP contribution in [-0.4, -0.2) is 15.4 Å². The van der Waals surface area contributed by atoms with E-state index in [-0.39, 0.29) is 5.56 Å². The van der Waals surface area contributed by atoms with Gasteiger partial charge in [-0.25, -0.2) is 4.79 Å². The summed E-state index contributed by atoms with van der Waals surface area (Å²) in [5.41, 5.74) is 2.89. The topological polar surface area (TPSA) is 62.2 Å². The molecule has 2 aromatic rings. The van der Waals surface area contributed by atoms with E-state index in [0.717, 1.165) is 11.3 Å². The smallest absolute Gasteiger partial charge is 0.340 e. The molecule has 2 rings (SSSR count). The fraction of sp³-hybridized carbons (Fsp3) is 0.286. The van der Waals surface area contributed by atoms with Gasteiger partial charge in [0.15, 0.2) is 0 Å².